The highest BCUT2D eigenvalue weighted by Gasteiger charge is 2.01. The SMILES string of the molecule is C=C/C=C(C(=C)N)/C(O)=C\N.CC. The molecule has 3 nitrogen and oxygen atoms in total. The molecule has 13 heavy (non-hydrogen) atoms. The minimum absolute atomic E-state index is 0.0996. The summed E-state index contributed by atoms with van der Waals surface area (Å²) >= 11 is 0. The number of hydrogen-bond donors (Lipinski definition) is 3. The van der Waals surface area contributed by atoms with Crippen molar-refractivity contribution in [3.8, 4) is 0 Å². The van der Waals surface area contributed by atoms with Crippen LogP contribution in [0, 0.1) is 0 Å². The van der Waals surface area contributed by atoms with Gasteiger partial charge in [0.15, 0.2) is 0 Å². The summed E-state index contributed by atoms with van der Waals surface area (Å²) in [5, 5.41) is 9.10. The first-order chi connectivity index (χ1) is 6.13. The fourth-order valence-corrected chi connectivity index (χ4v) is 0.565. The fourth-order valence-electron chi connectivity index (χ4n) is 0.565. The molecule has 0 unspecified atom stereocenters. The number of rotatable bonds is 3. The summed E-state index contributed by atoms with van der Waals surface area (Å²) in [6.45, 7) is 10.9. The summed E-state index contributed by atoms with van der Waals surface area (Å²) in [6.07, 6.45) is 4.07. The monoisotopic (exact) mass is 182 g/mol. The van der Waals surface area contributed by atoms with E-state index in [1.165, 1.54) is 12.2 Å². The summed E-state index contributed by atoms with van der Waals surface area (Å²) in [5.74, 6) is -0.0996. The maximum atomic E-state index is 9.10. The van der Waals surface area contributed by atoms with Crippen LogP contribution in [0.5, 0.6) is 0 Å². The third-order valence-corrected chi connectivity index (χ3v) is 1.06. The Morgan fingerprint density at radius 3 is 2.08 bits per heavy atom. The molecule has 0 radical (unpaired) electrons. The van der Waals surface area contributed by atoms with Crippen LogP contribution < -0.4 is 11.5 Å². The van der Waals surface area contributed by atoms with E-state index in [9.17, 15) is 0 Å². The van der Waals surface area contributed by atoms with Gasteiger partial charge in [-0.25, -0.2) is 0 Å². The summed E-state index contributed by atoms with van der Waals surface area (Å²) < 4.78 is 0. The van der Waals surface area contributed by atoms with Crippen molar-refractivity contribution in [2.45, 2.75) is 13.8 Å². The van der Waals surface area contributed by atoms with E-state index in [-0.39, 0.29) is 11.5 Å². The first-order valence-corrected chi connectivity index (χ1v) is 4.02. The third kappa shape index (κ3) is 5.61. The minimum atomic E-state index is -0.0996. The van der Waals surface area contributed by atoms with Gasteiger partial charge in [0.2, 0.25) is 0 Å². The zero-order valence-corrected chi connectivity index (χ0v) is 8.25. The molecule has 5 N–H and O–H groups in total. The average Bonchev–Trinajstić information content (AvgIpc) is 2.15. The molecule has 0 saturated carbocycles. The number of aliphatic hydroxyl groups excluding tert-OH is 1. The van der Waals surface area contributed by atoms with Gasteiger partial charge >= 0.3 is 0 Å². The Hall–Kier alpha value is -1.64. The van der Waals surface area contributed by atoms with Gasteiger partial charge in [0.25, 0.3) is 0 Å². The van der Waals surface area contributed by atoms with Gasteiger partial charge in [-0.05, 0) is 6.08 Å². The van der Waals surface area contributed by atoms with Crippen molar-refractivity contribution in [3.63, 3.8) is 0 Å². The van der Waals surface area contributed by atoms with Crippen LogP contribution in [-0.4, -0.2) is 5.11 Å². The lowest BCUT2D eigenvalue weighted by Gasteiger charge is -2.02. The first-order valence-electron chi connectivity index (χ1n) is 4.02. The zero-order chi connectivity index (χ0) is 10.9. The van der Waals surface area contributed by atoms with E-state index >= 15 is 0 Å². The van der Waals surface area contributed by atoms with E-state index in [4.69, 9.17) is 16.6 Å². The second kappa shape index (κ2) is 8.46. The van der Waals surface area contributed by atoms with E-state index in [0.29, 0.717) is 5.57 Å². The number of aliphatic hydroxyl groups is 1. The molecule has 0 aromatic rings. The molecule has 0 heterocycles. The Kier molecular flexibility index (Phi) is 9.05. The second-order valence-corrected chi connectivity index (χ2v) is 1.89. The molecule has 0 aliphatic rings. The lowest BCUT2D eigenvalue weighted by Crippen LogP contribution is -2.03. The van der Waals surface area contributed by atoms with Gasteiger partial charge < -0.3 is 16.6 Å². The molecule has 0 atom stereocenters. The van der Waals surface area contributed by atoms with Crippen molar-refractivity contribution in [2.24, 2.45) is 11.5 Å². The molecular formula is C10H18N2O. The van der Waals surface area contributed by atoms with Crippen LogP contribution in [0.3, 0.4) is 0 Å². The Morgan fingerprint density at radius 1 is 1.38 bits per heavy atom. The van der Waals surface area contributed by atoms with Crippen molar-refractivity contribution in [1.82, 2.24) is 0 Å². The number of nitrogens with two attached hydrogens (primary N) is 2. The molecule has 0 spiro atoms. The van der Waals surface area contributed by atoms with Crippen molar-refractivity contribution in [1.29, 1.82) is 0 Å². The molecule has 0 aromatic heterocycles. The Balaban J connectivity index is 0. The maximum Gasteiger partial charge on any atom is 0.140 e. The Labute approximate surface area is 79.7 Å². The van der Waals surface area contributed by atoms with Gasteiger partial charge in [-0.2, -0.15) is 0 Å². The van der Waals surface area contributed by atoms with E-state index in [1.54, 1.807) is 0 Å². The maximum absolute atomic E-state index is 9.10. The minimum Gasteiger partial charge on any atom is -0.506 e. The highest BCUT2D eigenvalue weighted by Crippen LogP contribution is 2.10. The fraction of sp³-hybridized carbons (Fsp3) is 0.200. The topological polar surface area (TPSA) is 72.3 Å². The number of hydrogen-bond acceptors (Lipinski definition) is 3. The lowest BCUT2D eigenvalue weighted by atomic mass is 10.1. The van der Waals surface area contributed by atoms with Crippen LogP contribution in [0.25, 0.3) is 0 Å². The molecule has 0 fully saturated rings. The normalized spacial score (nSPS) is 11.2. The molecule has 0 amide bonds. The summed E-state index contributed by atoms with van der Waals surface area (Å²) in [4.78, 5) is 0. The zero-order valence-electron chi connectivity index (χ0n) is 8.25. The van der Waals surface area contributed by atoms with E-state index in [1.807, 2.05) is 13.8 Å². The molecule has 0 rings (SSSR count). The van der Waals surface area contributed by atoms with Gasteiger partial charge in [-0.1, -0.05) is 33.1 Å². The van der Waals surface area contributed by atoms with E-state index < -0.39 is 0 Å². The summed E-state index contributed by atoms with van der Waals surface area (Å²) in [7, 11) is 0. The molecular weight excluding hydrogens is 164 g/mol. The van der Waals surface area contributed by atoms with E-state index in [0.717, 1.165) is 6.20 Å². The predicted octanol–water partition coefficient (Wildman–Crippen LogP) is 1.96. The molecule has 0 aliphatic heterocycles. The summed E-state index contributed by atoms with van der Waals surface area (Å²) in [6, 6.07) is 0. The average molecular weight is 182 g/mol. The van der Waals surface area contributed by atoms with Crippen molar-refractivity contribution >= 4 is 0 Å². The van der Waals surface area contributed by atoms with Crippen molar-refractivity contribution in [3.05, 3.63) is 48.5 Å². The quantitative estimate of drug-likeness (QED) is 0.461. The molecule has 74 valence electrons. The molecule has 0 bridgehead atoms. The summed E-state index contributed by atoms with van der Waals surface area (Å²) in [5.41, 5.74) is 11.0. The van der Waals surface area contributed by atoms with Gasteiger partial charge in [0, 0.05) is 17.5 Å². The van der Waals surface area contributed by atoms with Gasteiger partial charge in [-0.3, -0.25) is 0 Å². The van der Waals surface area contributed by atoms with E-state index in [2.05, 4.69) is 13.2 Å². The lowest BCUT2D eigenvalue weighted by molar-refractivity contribution is 0.423. The van der Waals surface area contributed by atoms with Gasteiger partial charge in [0.1, 0.15) is 5.76 Å². The molecule has 0 saturated heterocycles. The number of allylic oxidation sites excluding steroid dienone is 2. The van der Waals surface area contributed by atoms with Crippen LogP contribution in [0.4, 0.5) is 0 Å². The van der Waals surface area contributed by atoms with Crippen LogP contribution in [-0.2, 0) is 0 Å². The molecule has 3 heteroatoms. The smallest absolute Gasteiger partial charge is 0.140 e. The van der Waals surface area contributed by atoms with Crippen LogP contribution in [0.15, 0.2) is 48.5 Å². The van der Waals surface area contributed by atoms with Crippen molar-refractivity contribution < 1.29 is 5.11 Å². The standard InChI is InChI=1S/C8H12N2O.C2H6/c1-3-4-7(6(2)10)8(11)5-9;1-2/h3-5,11H,1-2,9-10H2;1-2H3/b7-4+,8-5+;. The highest BCUT2D eigenvalue weighted by atomic mass is 16.3. The first kappa shape index (κ1) is 13.9. The van der Waals surface area contributed by atoms with Gasteiger partial charge in [-0.15, -0.1) is 0 Å². The van der Waals surface area contributed by atoms with Crippen LogP contribution in [0.2, 0.25) is 0 Å². The highest BCUT2D eigenvalue weighted by molar-refractivity contribution is 5.41. The van der Waals surface area contributed by atoms with Crippen LogP contribution in [0.1, 0.15) is 13.8 Å². The van der Waals surface area contributed by atoms with Crippen LogP contribution >= 0.6 is 0 Å². The predicted molar refractivity (Wildman–Crippen MR) is 57.9 cm³/mol. The Bertz CT molecular complexity index is 227. The second-order valence-electron chi connectivity index (χ2n) is 1.89. The largest absolute Gasteiger partial charge is 0.506 e. The van der Waals surface area contributed by atoms with Crippen molar-refractivity contribution in [2.75, 3.05) is 0 Å². The van der Waals surface area contributed by atoms with Gasteiger partial charge in [0.05, 0.1) is 0 Å². The third-order valence-electron chi connectivity index (χ3n) is 1.06. The molecule has 0 aliphatic carbocycles. The Morgan fingerprint density at radius 2 is 1.85 bits per heavy atom. The molecule has 0 aromatic carbocycles.